The molecule has 1 amide bonds. The third-order valence-electron chi connectivity index (χ3n) is 3.03. The molecule has 1 unspecified atom stereocenters. The fourth-order valence-corrected chi connectivity index (χ4v) is 2.40. The Morgan fingerprint density at radius 2 is 1.95 bits per heavy atom. The van der Waals surface area contributed by atoms with Crippen molar-refractivity contribution in [3.8, 4) is 0 Å². The average Bonchev–Trinajstić information content (AvgIpc) is 2.37. The first-order valence-electron chi connectivity index (χ1n) is 5.88. The van der Waals surface area contributed by atoms with Gasteiger partial charge in [-0.05, 0) is 47.5 Å². The van der Waals surface area contributed by atoms with Crippen LogP contribution in [0.4, 0.5) is 13.2 Å². The number of nitrogens with one attached hydrogen (secondary N) is 1. The van der Waals surface area contributed by atoms with Crippen LogP contribution in [0.5, 0.6) is 0 Å². The highest BCUT2D eigenvalue weighted by Gasteiger charge is 2.32. The normalized spacial score (nSPS) is 14.8. The standard InChI is InChI=1S/C13H14Br2F3NO/c1-3-12(2,7-14)19-11(20)9-6-8(13(16,17)18)4-5-10(9)15/h4-6H,3,7H2,1-2H3,(H,19,20). The molecule has 0 bridgehead atoms. The van der Waals surface area contributed by atoms with Gasteiger partial charge in [0.05, 0.1) is 11.1 Å². The van der Waals surface area contributed by atoms with E-state index in [1.807, 2.05) is 13.8 Å². The molecule has 0 saturated carbocycles. The van der Waals surface area contributed by atoms with Gasteiger partial charge in [-0.25, -0.2) is 0 Å². The molecule has 0 aliphatic carbocycles. The number of rotatable bonds is 4. The summed E-state index contributed by atoms with van der Waals surface area (Å²) in [4.78, 5) is 12.1. The van der Waals surface area contributed by atoms with Gasteiger partial charge in [-0.3, -0.25) is 4.79 Å². The maximum atomic E-state index is 12.7. The molecule has 112 valence electrons. The number of amides is 1. The second kappa shape index (κ2) is 6.47. The minimum Gasteiger partial charge on any atom is -0.346 e. The van der Waals surface area contributed by atoms with Gasteiger partial charge in [-0.15, -0.1) is 0 Å². The number of carbonyl (C=O) groups is 1. The molecule has 2 nitrogen and oxygen atoms in total. The van der Waals surface area contributed by atoms with Crippen molar-refractivity contribution in [1.29, 1.82) is 0 Å². The van der Waals surface area contributed by atoms with E-state index in [-0.39, 0.29) is 5.56 Å². The second-order valence-corrected chi connectivity index (χ2v) is 6.11. The van der Waals surface area contributed by atoms with E-state index in [4.69, 9.17) is 0 Å². The van der Waals surface area contributed by atoms with E-state index in [1.165, 1.54) is 6.07 Å². The highest BCUT2D eigenvalue weighted by molar-refractivity contribution is 9.10. The summed E-state index contributed by atoms with van der Waals surface area (Å²) in [5.74, 6) is -0.535. The number of hydrogen-bond donors (Lipinski definition) is 1. The molecule has 0 aliphatic rings. The molecule has 1 aromatic carbocycles. The first-order chi connectivity index (χ1) is 9.13. The molecular formula is C13H14Br2F3NO. The SMILES string of the molecule is CCC(C)(CBr)NC(=O)c1cc(C(F)(F)F)ccc1Br. The number of benzene rings is 1. The van der Waals surface area contributed by atoms with Crippen molar-refractivity contribution in [2.45, 2.75) is 32.0 Å². The smallest absolute Gasteiger partial charge is 0.346 e. The predicted molar refractivity (Wildman–Crippen MR) is 79.1 cm³/mol. The van der Waals surface area contributed by atoms with Crippen molar-refractivity contribution in [1.82, 2.24) is 5.32 Å². The number of carbonyl (C=O) groups excluding carboxylic acids is 1. The Labute approximate surface area is 132 Å². The minimum absolute atomic E-state index is 0.0274. The lowest BCUT2D eigenvalue weighted by atomic mass is 10.0. The van der Waals surface area contributed by atoms with Crippen molar-refractivity contribution in [2.75, 3.05) is 5.33 Å². The van der Waals surface area contributed by atoms with Gasteiger partial charge in [0.2, 0.25) is 0 Å². The van der Waals surface area contributed by atoms with Gasteiger partial charge in [-0.1, -0.05) is 22.9 Å². The van der Waals surface area contributed by atoms with Gasteiger partial charge in [0.15, 0.2) is 0 Å². The van der Waals surface area contributed by atoms with E-state index < -0.39 is 23.2 Å². The summed E-state index contributed by atoms with van der Waals surface area (Å²) in [6, 6.07) is 3.02. The molecule has 0 aromatic heterocycles. The van der Waals surface area contributed by atoms with Crippen LogP contribution in [0.1, 0.15) is 36.2 Å². The van der Waals surface area contributed by atoms with E-state index in [9.17, 15) is 18.0 Å². The molecule has 0 fully saturated rings. The van der Waals surface area contributed by atoms with Crippen LogP contribution in [0.3, 0.4) is 0 Å². The van der Waals surface area contributed by atoms with Gasteiger partial charge in [-0.2, -0.15) is 13.2 Å². The van der Waals surface area contributed by atoms with Gasteiger partial charge in [0.1, 0.15) is 0 Å². The van der Waals surface area contributed by atoms with E-state index >= 15 is 0 Å². The lowest BCUT2D eigenvalue weighted by Crippen LogP contribution is -2.47. The lowest BCUT2D eigenvalue weighted by molar-refractivity contribution is -0.137. The van der Waals surface area contributed by atoms with E-state index in [0.29, 0.717) is 16.2 Å². The Hall–Kier alpha value is -0.560. The summed E-state index contributed by atoms with van der Waals surface area (Å²) >= 11 is 6.40. The fraction of sp³-hybridized carbons (Fsp3) is 0.462. The van der Waals surface area contributed by atoms with Crippen molar-refractivity contribution in [2.24, 2.45) is 0 Å². The van der Waals surface area contributed by atoms with Crippen molar-refractivity contribution in [3.63, 3.8) is 0 Å². The maximum Gasteiger partial charge on any atom is 0.416 e. The zero-order valence-electron chi connectivity index (χ0n) is 10.9. The molecule has 0 radical (unpaired) electrons. The summed E-state index contributed by atoms with van der Waals surface area (Å²) in [5, 5.41) is 3.26. The summed E-state index contributed by atoms with van der Waals surface area (Å²) < 4.78 is 38.4. The topological polar surface area (TPSA) is 29.1 Å². The maximum absolute atomic E-state index is 12.7. The Balaban J connectivity index is 3.10. The first kappa shape index (κ1) is 17.5. The zero-order valence-corrected chi connectivity index (χ0v) is 14.1. The summed E-state index contributed by atoms with van der Waals surface area (Å²) in [7, 11) is 0. The molecule has 1 aromatic rings. The number of hydrogen-bond acceptors (Lipinski definition) is 1. The molecule has 0 aliphatic heterocycles. The van der Waals surface area contributed by atoms with Gasteiger partial charge >= 0.3 is 6.18 Å². The highest BCUT2D eigenvalue weighted by Crippen LogP contribution is 2.32. The van der Waals surface area contributed by atoms with Crippen LogP contribution < -0.4 is 5.32 Å². The molecule has 1 rings (SSSR count). The fourth-order valence-electron chi connectivity index (χ4n) is 1.43. The first-order valence-corrected chi connectivity index (χ1v) is 7.79. The summed E-state index contributed by atoms with van der Waals surface area (Å²) in [6.45, 7) is 3.71. The Morgan fingerprint density at radius 3 is 2.40 bits per heavy atom. The van der Waals surface area contributed by atoms with Gasteiger partial charge < -0.3 is 5.32 Å². The monoisotopic (exact) mass is 415 g/mol. The average molecular weight is 417 g/mol. The lowest BCUT2D eigenvalue weighted by Gasteiger charge is -2.27. The van der Waals surface area contributed by atoms with Crippen LogP contribution in [0.25, 0.3) is 0 Å². The van der Waals surface area contributed by atoms with Crippen LogP contribution in [-0.4, -0.2) is 16.8 Å². The third-order valence-corrected chi connectivity index (χ3v) is 4.96. The van der Waals surface area contributed by atoms with E-state index in [0.717, 1.165) is 12.1 Å². The van der Waals surface area contributed by atoms with Crippen LogP contribution in [0.2, 0.25) is 0 Å². The molecule has 7 heteroatoms. The number of halogens is 5. The molecule has 1 atom stereocenters. The quantitative estimate of drug-likeness (QED) is 0.704. The molecule has 0 saturated heterocycles. The Bertz CT molecular complexity index is 499. The van der Waals surface area contributed by atoms with Gasteiger partial charge in [0, 0.05) is 15.3 Å². The van der Waals surface area contributed by atoms with Crippen molar-refractivity contribution >= 4 is 37.8 Å². The second-order valence-electron chi connectivity index (χ2n) is 4.69. The highest BCUT2D eigenvalue weighted by atomic mass is 79.9. The Kier molecular flexibility index (Phi) is 5.66. The molecule has 0 spiro atoms. The van der Waals surface area contributed by atoms with Crippen LogP contribution >= 0.6 is 31.9 Å². The van der Waals surface area contributed by atoms with Crippen LogP contribution in [0.15, 0.2) is 22.7 Å². The summed E-state index contributed by atoms with van der Waals surface area (Å²) in [5.41, 5.74) is -1.38. The largest absolute Gasteiger partial charge is 0.416 e. The molecule has 20 heavy (non-hydrogen) atoms. The van der Waals surface area contributed by atoms with Crippen LogP contribution in [0, 0.1) is 0 Å². The predicted octanol–water partition coefficient (Wildman–Crippen LogP) is 4.76. The van der Waals surface area contributed by atoms with Crippen molar-refractivity contribution in [3.05, 3.63) is 33.8 Å². The van der Waals surface area contributed by atoms with E-state index in [1.54, 1.807) is 0 Å². The van der Waals surface area contributed by atoms with Crippen LogP contribution in [-0.2, 0) is 6.18 Å². The third kappa shape index (κ3) is 4.22. The van der Waals surface area contributed by atoms with Crippen molar-refractivity contribution < 1.29 is 18.0 Å². The Morgan fingerprint density at radius 1 is 1.35 bits per heavy atom. The molecule has 1 N–H and O–H groups in total. The van der Waals surface area contributed by atoms with E-state index in [2.05, 4.69) is 37.2 Å². The van der Waals surface area contributed by atoms with Gasteiger partial charge in [0.25, 0.3) is 5.91 Å². The number of alkyl halides is 4. The minimum atomic E-state index is -4.47. The summed E-state index contributed by atoms with van der Waals surface area (Å²) in [6.07, 6.45) is -3.82. The molecule has 0 heterocycles. The molecular weight excluding hydrogens is 403 g/mol. The zero-order chi connectivity index (χ0) is 15.6.